The summed E-state index contributed by atoms with van der Waals surface area (Å²) in [6.45, 7) is 3.04. The molecule has 0 unspecified atom stereocenters. The van der Waals surface area contributed by atoms with Crippen LogP contribution in [0.4, 0.5) is 9.59 Å². The molecule has 2 saturated heterocycles. The van der Waals surface area contributed by atoms with Crippen LogP contribution in [0.5, 0.6) is 0 Å². The van der Waals surface area contributed by atoms with Gasteiger partial charge in [0.2, 0.25) is 5.60 Å². The van der Waals surface area contributed by atoms with E-state index in [-0.39, 0.29) is 0 Å². The molecule has 0 amide bonds. The average molecular weight is 174 g/mol. The van der Waals surface area contributed by atoms with Crippen molar-refractivity contribution in [3.63, 3.8) is 0 Å². The number of ether oxygens (including phenoxy) is 4. The van der Waals surface area contributed by atoms with Crippen LogP contribution in [0.25, 0.3) is 0 Å². The van der Waals surface area contributed by atoms with E-state index in [0.29, 0.717) is 0 Å². The molecule has 1 spiro atoms. The van der Waals surface area contributed by atoms with Gasteiger partial charge in [0.05, 0.1) is 0 Å². The van der Waals surface area contributed by atoms with E-state index in [1.807, 2.05) is 0 Å². The van der Waals surface area contributed by atoms with Crippen LogP contribution in [0.15, 0.2) is 0 Å². The molecular formula is C6H6O6. The Balaban J connectivity index is 2.26. The van der Waals surface area contributed by atoms with Crippen molar-refractivity contribution >= 4 is 12.3 Å². The fourth-order valence-electron chi connectivity index (χ4n) is 1.04. The standard InChI is InChI=1S/C6H6O6/c1-5(2)6(10-3(7)9-5)11-4(8)12-6/h1-2H3. The Hall–Kier alpha value is -1.46. The second-order valence-corrected chi connectivity index (χ2v) is 2.97. The summed E-state index contributed by atoms with van der Waals surface area (Å²) >= 11 is 0. The average Bonchev–Trinajstić information content (AvgIpc) is 2.00. The first kappa shape index (κ1) is 7.20. The maximum atomic E-state index is 10.7. The van der Waals surface area contributed by atoms with Gasteiger partial charge in [-0.2, -0.15) is 0 Å². The highest BCUT2D eigenvalue weighted by atomic mass is 17.1. The SMILES string of the molecule is CC1(C)OC(=O)OC12OC(=O)O2. The molecule has 66 valence electrons. The summed E-state index contributed by atoms with van der Waals surface area (Å²) in [5.74, 6) is -1.67. The van der Waals surface area contributed by atoms with Gasteiger partial charge in [-0.25, -0.2) is 9.59 Å². The lowest BCUT2D eigenvalue weighted by Gasteiger charge is -2.38. The first-order chi connectivity index (χ1) is 5.45. The summed E-state index contributed by atoms with van der Waals surface area (Å²) in [4.78, 5) is 21.0. The van der Waals surface area contributed by atoms with Gasteiger partial charge in [-0.15, -0.1) is 0 Å². The van der Waals surface area contributed by atoms with E-state index >= 15 is 0 Å². The van der Waals surface area contributed by atoms with Crippen LogP contribution in [0.3, 0.4) is 0 Å². The van der Waals surface area contributed by atoms with Crippen molar-refractivity contribution in [2.24, 2.45) is 0 Å². The van der Waals surface area contributed by atoms with Crippen molar-refractivity contribution in [1.29, 1.82) is 0 Å². The van der Waals surface area contributed by atoms with Crippen LogP contribution < -0.4 is 0 Å². The van der Waals surface area contributed by atoms with Crippen LogP contribution in [-0.4, -0.2) is 23.9 Å². The van der Waals surface area contributed by atoms with Crippen LogP contribution in [-0.2, 0) is 18.9 Å². The third-order valence-electron chi connectivity index (χ3n) is 1.73. The first-order valence-electron chi connectivity index (χ1n) is 3.29. The van der Waals surface area contributed by atoms with Crippen LogP contribution in [0.2, 0.25) is 0 Å². The predicted octanol–water partition coefficient (Wildman–Crippen LogP) is 0.752. The first-order valence-corrected chi connectivity index (χ1v) is 3.29. The molecule has 0 atom stereocenters. The molecule has 0 aromatic carbocycles. The lowest BCUT2D eigenvalue weighted by Crippen LogP contribution is -2.61. The molecule has 0 radical (unpaired) electrons. The van der Waals surface area contributed by atoms with Gasteiger partial charge in [-0.3, -0.25) is 0 Å². The van der Waals surface area contributed by atoms with E-state index in [0.717, 1.165) is 0 Å². The molecule has 12 heavy (non-hydrogen) atoms. The molecule has 2 fully saturated rings. The summed E-state index contributed by atoms with van der Waals surface area (Å²) in [6.07, 6.45) is -1.78. The van der Waals surface area contributed by atoms with Gasteiger partial charge in [-0.1, -0.05) is 0 Å². The monoisotopic (exact) mass is 174 g/mol. The van der Waals surface area contributed by atoms with Crippen molar-refractivity contribution in [3.8, 4) is 0 Å². The Morgan fingerprint density at radius 2 is 1.33 bits per heavy atom. The largest absolute Gasteiger partial charge is 0.520 e. The minimum atomic E-state index is -1.67. The molecule has 0 aromatic rings. The number of hydrogen-bond donors (Lipinski definition) is 0. The fourth-order valence-corrected chi connectivity index (χ4v) is 1.04. The van der Waals surface area contributed by atoms with E-state index in [9.17, 15) is 9.59 Å². The van der Waals surface area contributed by atoms with Gasteiger partial charge in [-0.05, 0) is 13.8 Å². The summed E-state index contributed by atoms with van der Waals surface area (Å²) < 4.78 is 18.3. The molecule has 2 aliphatic rings. The Kier molecular flexibility index (Phi) is 0.990. The van der Waals surface area contributed by atoms with E-state index in [2.05, 4.69) is 14.2 Å². The fraction of sp³-hybridized carbons (Fsp3) is 0.667. The number of rotatable bonds is 0. The third kappa shape index (κ3) is 0.640. The summed E-state index contributed by atoms with van der Waals surface area (Å²) in [7, 11) is 0. The Bertz CT molecular complexity index is 259. The molecule has 6 heteroatoms. The maximum absolute atomic E-state index is 10.7. The Morgan fingerprint density at radius 3 is 1.58 bits per heavy atom. The highest BCUT2D eigenvalue weighted by molar-refractivity contribution is 5.70. The molecule has 0 aliphatic carbocycles. The van der Waals surface area contributed by atoms with E-state index in [1.165, 1.54) is 13.8 Å². The van der Waals surface area contributed by atoms with Crippen molar-refractivity contribution < 1.29 is 28.5 Å². The third-order valence-corrected chi connectivity index (χ3v) is 1.73. The molecule has 2 rings (SSSR count). The van der Waals surface area contributed by atoms with Gasteiger partial charge < -0.3 is 18.9 Å². The molecular weight excluding hydrogens is 168 g/mol. The number of hydrogen-bond acceptors (Lipinski definition) is 6. The number of cyclic esters (lactones) is 1. The minimum Gasteiger partial charge on any atom is -0.415 e. The van der Waals surface area contributed by atoms with Gasteiger partial charge in [0.15, 0.2) is 0 Å². The zero-order valence-corrected chi connectivity index (χ0v) is 6.45. The molecule has 6 nitrogen and oxygen atoms in total. The van der Waals surface area contributed by atoms with Crippen molar-refractivity contribution in [1.82, 2.24) is 0 Å². The van der Waals surface area contributed by atoms with Crippen molar-refractivity contribution in [2.45, 2.75) is 25.4 Å². The molecule has 0 aromatic heterocycles. The highest BCUT2D eigenvalue weighted by Crippen LogP contribution is 2.44. The molecule has 0 bridgehead atoms. The lowest BCUT2D eigenvalue weighted by molar-refractivity contribution is -0.401. The minimum absolute atomic E-state index is 0.874. The Labute approximate surface area is 67.3 Å². The van der Waals surface area contributed by atoms with Crippen molar-refractivity contribution in [3.05, 3.63) is 0 Å². The van der Waals surface area contributed by atoms with Crippen molar-refractivity contribution in [2.75, 3.05) is 0 Å². The van der Waals surface area contributed by atoms with Gasteiger partial charge in [0.1, 0.15) is 0 Å². The molecule has 0 saturated carbocycles. The van der Waals surface area contributed by atoms with E-state index in [1.54, 1.807) is 0 Å². The summed E-state index contributed by atoms with van der Waals surface area (Å²) in [5.41, 5.74) is -1.10. The number of carbonyl (C=O) groups excluding carboxylic acids is 2. The lowest BCUT2D eigenvalue weighted by atomic mass is 10.1. The van der Waals surface area contributed by atoms with Gasteiger partial charge in [0, 0.05) is 0 Å². The second kappa shape index (κ2) is 1.65. The molecule has 2 aliphatic heterocycles. The molecule has 0 N–H and O–H groups in total. The maximum Gasteiger partial charge on any atom is 0.520 e. The topological polar surface area (TPSA) is 71.1 Å². The van der Waals surface area contributed by atoms with E-state index < -0.39 is 23.9 Å². The van der Waals surface area contributed by atoms with Gasteiger partial charge in [0.25, 0.3) is 0 Å². The zero-order chi connectivity index (χ0) is 8.98. The number of carbonyl (C=O) groups is 2. The summed E-state index contributed by atoms with van der Waals surface area (Å²) in [5, 5.41) is 0. The highest BCUT2D eigenvalue weighted by Gasteiger charge is 2.71. The second-order valence-electron chi connectivity index (χ2n) is 2.97. The quantitative estimate of drug-likeness (QED) is 0.504. The van der Waals surface area contributed by atoms with Crippen LogP contribution in [0, 0.1) is 0 Å². The van der Waals surface area contributed by atoms with Gasteiger partial charge >= 0.3 is 18.3 Å². The summed E-state index contributed by atoms with van der Waals surface area (Å²) in [6, 6.07) is 0. The Morgan fingerprint density at radius 1 is 0.917 bits per heavy atom. The van der Waals surface area contributed by atoms with Crippen LogP contribution >= 0.6 is 0 Å². The normalized spacial score (nSPS) is 28.2. The smallest absolute Gasteiger partial charge is 0.415 e. The zero-order valence-electron chi connectivity index (χ0n) is 6.45. The predicted molar refractivity (Wildman–Crippen MR) is 31.9 cm³/mol. The molecule has 2 heterocycles. The van der Waals surface area contributed by atoms with Crippen LogP contribution in [0.1, 0.15) is 13.8 Å². The van der Waals surface area contributed by atoms with E-state index in [4.69, 9.17) is 4.74 Å².